The van der Waals surface area contributed by atoms with Gasteiger partial charge in [-0.3, -0.25) is 9.59 Å². The summed E-state index contributed by atoms with van der Waals surface area (Å²) in [5.41, 5.74) is 0.809. The molecule has 0 spiro atoms. The van der Waals surface area contributed by atoms with Crippen LogP contribution < -0.4 is 14.5 Å². The minimum Gasteiger partial charge on any atom is -0.507 e. The Morgan fingerprint density at radius 2 is 1.62 bits per heavy atom. The predicted octanol–water partition coefficient (Wildman–Crippen LogP) is 3.25. The Hall–Kier alpha value is -4.33. The number of nitrogens with zero attached hydrogens (tertiary/aromatic N) is 3. The van der Waals surface area contributed by atoms with Gasteiger partial charge in [-0.25, -0.2) is 4.98 Å². The molecule has 1 aliphatic carbocycles. The van der Waals surface area contributed by atoms with E-state index in [1.807, 2.05) is 31.1 Å². The number of rotatable bonds is 2. The molecule has 1 aliphatic heterocycles. The van der Waals surface area contributed by atoms with Crippen LogP contribution in [0.1, 0.15) is 26.3 Å². The fourth-order valence-corrected chi connectivity index (χ4v) is 3.94. The van der Waals surface area contributed by atoms with Crippen LogP contribution >= 0.6 is 0 Å². The highest BCUT2D eigenvalue weighted by Crippen LogP contribution is 2.42. The zero-order valence-electron chi connectivity index (χ0n) is 17.4. The van der Waals surface area contributed by atoms with E-state index in [9.17, 15) is 19.8 Å². The van der Waals surface area contributed by atoms with Crippen LogP contribution in [0, 0.1) is 0 Å². The van der Waals surface area contributed by atoms with Crippen LogP contribution in [0.25, 0.3) is 0 Å². The molecule has 2 aromatic carbocycles. The van der Waals surface area contributed by atoms with Gasteiger partial charge in [0.15, 0.2) is 0 Å². The van der Waals surface area contributed by atoms with E-state index in [0.717, 1.165) is 11.4 Å². The van der Waals surface area contributed by atoms with Crippen molar-refractivity contribution >= 4 is 23.1 Å². The molecule has 0 radical (unpaired) electrons. The van der Waals surface area contributed by atoms with Crippen molar-refractivity contribution in [1.29, 1.82) is 0 Å². The number of allylic oxidation sites excluding steroid dienone is 2. The van der Waals surface area contributed by atoms with Gasteiger partial charge in [-0.1, -0.05) is 18.2 Å². The quantitative estimate of drug-likeness (QED) is 0.599. The van der Waals surface area contributed by atoms with E-state index in [0.29, 0.717) is 11.4 Å². The molecule has 0 unspecified atom stereocenters. The van der Waals surface area contributed by atoms with E-state index in [-0.39, 0.29) is 34.9 Å². The molecule has 2 N–H and O–H groups in total. The molecule has 160 valence electrons. The first kappa shape index (κ1) is 19.6. The number of fused-ring (bicyclic) bond motifs is 2. The summed E-state index contributed by atoms with van der Waals surface area (Å²) in [6, 6.07) is 13.1. The number of benzene rings is 2. The summed E-state index contributed by atoms with van der Waals surface area (Å²) >= 11 is 0. The SMILES string of the molecule is CN(C)c1ccc(N2Cc3ccccc3OC3=C2C(=O)c2c(O)ccc(O)c2C3=O)cn1. The number of Topliss-reactive ketones (excluding diaryl/α,β-unsaturated/α-hetero) is 2. The number of pyridine rings is 1. The lowest BCUT2D eigenvalue weighted by molar-refractivity contribution is 0.0931. The Bertz CT molecular complexity index is 1310. The van der Waals surface area contributed by atoms with Crippen molar-refractivity contribution < 1.29 is 24.5 Å². The number of aromatic hydroxyl groups is 2. The fraction of sp³-hybridized carbons (Fsp3) is 0.125. The van der Waals surface area contributed by atoms with Gasteiger partial charge < -0.3 is 24.7 Å². The van der Waals surface area contributed by atoms with E-state index < -0.39 is 17.3 Å². The van der Waals surface area contributed by atoms with Crippen molar-refractivity contribution in [3.05, 3.63) is 82.9 Å². The molecule has 2 aliphatic rings. The standard InChI is InChI=1S/C24H19N3O5/c1-26(2)18-10-7-14(11-25-18)27-12-13-5-3-4-6-17(13)32-24-21(27)22(30)19-15(28)8-9-16(29)20(19)23(24)31/h3-11,28-29H,12H2,1-2H3. The minimum absolute atomic E-state index is 0.0148. The monoisotopic (exact) mass is 429 g/mol. The normalized spacial score (nSPS) is 14.9. The number of aromatic nitrogens is 1. The van der Waals surface area contributed by atoms with Crippen LogP contribution in [0.3, 0.4) is 0 Å². The minimum atomic E-state index is -0.678. The number of anilines is 2. The smallest absolute Gasteiger partial charge is 0.235 e. The second kappa shape index (κ2) is 7.12. The van der Waals surface area contributed by atoms with Crippen molar-refractivity contribution in [2.45, 2.75) is 6.54 Å². The zero-order valence-corrected chi connectivity index (χ0v) is 17.4. The van der Waals surface area contributed by atoms with Gasteiger partial charge in [0.05, 0.1) is 29.6 Å². The number of hydrogen-bond acceptors (Lipinski definition) is 8. The lowest BCUT2D eigenvalue weighted by atomic mass is 9.89. The summed E-state index contributed by atoms with van der Waals surface area (Å²) in [4.78, 5) is 34.9. The lowest BCUT2D eigenvalue weighted by Crippen LogP contribution is -2.34. The van der Waals surface area contributed by atoms with E-state index in [1.165, 1.54) is 12.1 Å². The van der Waals surface area contributed by atoms with E-state index >= 15 is 0 Å². The molecule has 5 rings (SSSR count). The molecule has 0 amide bonds. The molecule has 0 fully saturated rings. The molecule has 0 bridgehead atoms. The summed E-state index contributed by atoms with van der Waals surface area (Å²) in [5, 5.41) is 20.7. The highest BCUT2D eigenvalue weighted by atomic mass is 16.5. The molecule has 8 heteroatoms. The molecular weight excluding hydrogens is 410 g/mol. The Morgan fingerprint density at radius 3 is 2.28 bits per heavy atom. The van der Waals surface area contributed by atoms with Crippen LogP contribution in [0.5, 0.6) is 17.2 Å². The van der Waals surface area contributed by atoms with E-state index in [1.54, 1.807) is 35.4 Å². The van der Waals surface area contributed by atoms with Crippen LogP contribution in [-0.4, -0.2) is 40.9 Å². The molecule has 3 aromatic rings. The van der Waals surface area contributed by atoms with Gasteiger partial charge >= 0.3 is 0 Å². The number of phenolic OH excluding ortho intramolecular Hbond substituents is 2. The summed E-state index contributed by atoms with van der Waals surface area (Å²) in [6.07, 6.45) is 1.61. The van der Waals surface area contributed by atoms with Gasteiger partial charge in [0.1, 0.15) is 28.8 Å². The summed E-state index contributed by atoms with van der Waals surface area (Å²) in [7, 11) is 3.74. The number of carbonyl (C=O) groups is 2. The van der Waals surface area contributed by atoms with Gasteiger partial charge in [0, 0.05) is 19.7 Å². The van der Waals surface area contributed by atoms with Crippen LogP contribution in [0.15, 0.2) is 66.2 Å². The highest BCUT2D eigenvalue weighted by Gasteiger charge is 2.42. The maximum atomic E-state index is 13.6. The number of carbonyl (C=O) groups excluding carboxylic acids is 2. The highest BCUT2D eigenvalue weighted by molar-refractivity contribution is 6.29. The fourth-order valence-electron chi connectivity index (χ4n) is 3.94. The number of hydrogen-bond donors (Lipinski definition) is 2. The topological polar surface area (TPSA) is 103 Å². The van der Waals surface area contributed by atoms with Gasteiger partial charge in [0.25, 0.3) is 0 Å². The Kier molecular flexibility index (Phi) is 4.37. The molecule has 8 nitrogen and oxygen atoms in total. The summed E-state index contributed by atoms with van der Waals surface area (Å²) in [5.74, 6) is -1.11. The molecule has 32 heavy (non-hydrogen) atoms. The summed E-state index contributed by atoms with van der Waals surface area (Å²) < 4.78 is 5.96. The largest absolute Gasteiger partial charge is 0.507 e. The maximum absolute atomic E-state index is 13.6. The Morgan fingerprint density at radius 1 is 0.938 bits per heavy atom. The van der Waals surface area contributed by atoms with Crippen LogP contribution in [-0.2, 0) is 6.54 Å². The summed E-state index contributed by atoms with van der Waals surface area (Å²) in [6.45, 7) is 0.242. The van der Waals surface area contributed by atoms with E-state index in [4.69, 9.17) is 4.74 Å². The van der Waals surface area contributed by atoms with Crippen LogP contribution in [0.2, 0.25) is 0 Å². The first-order valence-electron chi connectivity index (χ1n) is 9.92. The first-order valence-corrected chi connectivity index (χ1v) is 9.92. The Balaban J connectivity index is 1.74. The second-order valence-electron chi connectivity index (χ2n) is 7.75. The van der Waals surface area contributed by atoms with Gasteiger partial charge in [-0.05, 0) is 30.3 Å². The van der Waals surface area contributed by atoms with Gasteiger partial charge in [0.2, 0.25) is 17.3 Å². The van der Waals surface area contributed by atoms with Crippen molar-refractivity contribution in [2.24, 2.45) is 0 Å². The molecule has 1 aromatic heterocycles. The van der Waals surface area contributed by atoms with E-state index in [2.05, 4.69) is 4.98 Å². The van der Waals surface area contributed by atoms with Crippen molar-refractivity contribution in [2.75, 3.05) is 23.9 Å². The molecule has 0 saturated heterocycles. The van der Waals surface area contributed by atoms with Gasteiger partial charge in [-0.2, -0.15) is 0 Å². The van der Waals surface area contributed by atoms with Crippen molar-refractivity contribution in [3.8, 4) is 17.2 Å². The average Bonchev–Trinajstić information content (AvgIpc) is 2.96. The third-order valence-corrected chi connectivity index (χ3v) is 5.54. The molecule has 0 saturated carbocycles. The van der Waals surface area contributed by atoms with Crippen LogP contribution in [0.4, 0.5) is 11.5 Å². The molecule has 0 atom stereocenters. The van der Waals surface area contributed by atoms with Gasteiger partial charge in [-0.15, -0.1) is 0 Å². The van der Waals surface area contributed by atoms with Crippen molar-refractivity contribution in [3.63, 3.8) is 0 Å². The lowest BCUT2D eigenvalue weighted by Gasteiger charge is -2.29. The Labute approximate surface area is 183 Å². The maximum Gasteiger partial charge on any atom is 0.235 e. The predicted molar refractivity (Wildman–Crippen MR) is 117 cm³/mol. The number of ether oxygens (including phenoxy) is 1. The number of ketones is 2. The third-order valence-electron chi connectivity index (χ3n) is 5.54. The third kappa shape index (κ3) is 2.88. The zero-order chi connectivity index (χ0) is 22.6. The second-order valence-corrected chi connectivity index (χ2v) is 7.75. The number of phenols is 2. The van der Waals surface area contributed by atoms with Crippen molar-refractivity contribution in [1.82, 2.24) is 4.98 Å². The first-order chi connectivity index (χ1) is 15.4. The molecular formula is C24H19N3O5. The molecule has 2 heterocycles. The average molecular weight is 429 g/mol. The number of para-hydroxylation sites is 1.